The van der Waals surface area contributed by atoms with E-state index in [1.807, 2.05) is 42.0 Å². The number of urea groups is 1. The first-order chi connectivity index (χ1) is 11.5. The van der Waals surface area contributed by atoms with Crippen LogP contribution in [0.5, 0.6) is 0 Å². The fourth-order valence-electron chi connectivity index (χ4n) is 2.91. The third kappa shape index (κ3) is 3.56. The van der Waals surface area contributed by atoms with Gasteiger partial charge in [0.25, 0.3) is 0 Å². The summed E-state index contributed by atoms with van der Waals surface area (Å²) in [4.78, 5) is 29.3. The zero-order valence-corrected chi connectivity index (χ0v) is 13.8. The van der Waals surface area contributed by atoms with Crippen molar-refractivity contribution in [3.8, 4) is 5.69 Å². The Kier molecular flexibility index (Phi) is 4.50. The number of hydrogen-bond acceptors (Lipinski definition) is 3. The van der Waals surface area contributed by atoms with Crippen molar-refractivity contribution in [1.82, 2.24) is 19.8 Å². The highest BCUT2D eigenvalue weighted by Crippen LogP contribution is 2.16. The number of hydrogen-bond donors (Lipinski definition) is 2. The van der Waals surface area contributed by atoms with Crippen LogP contribution >= 0.6 is 0 Å². The molecule has 2 heterocycles. The van der Waals surface area contributed by atoms with E-state index in [0.29, 0.717) is 13.1 Å². The summed E-state index contributed by atoms with van der Waals surface area (Å²) in [6.45, 7) is 4.61. The van der Waals surface area contributed by atoms with Gasteiger partial charge in [0.2, 0.25) is 5.91 Å². The molecule has 0 bridgehead atoms. The van der Waals surface area contributed by atoms with Crippen LogP contribution in [0.3, 0.4) is 0 Å². The van der Waals surface area contributed by atoms with Crippen LogP contribution in [0.15, 0.2) is 36.7 Å². The predicted octanol–water partition coefficient (Wildman–Crippen LogP) is 1.92. The van der Waals surface area contributed by atoms with Crippen molar-refractivity contribution >= 4 is 17.6 Å². The van der Waals surface area contributed by atoms with Crippen molar-refractivity contribution in [3.63, 3.8) is 0 Å². The topological polar surface area (TPSA) is 79.3 Å². The highest BCUT2D eigenvalue weighted by molar-refractivity contribution is 5.89. The van der Waals surface area contributed by atoms with Crippen molar-refractivity contribution < 1.29 is 9.59 Å². The lowest BCUT2D eigenvalue weighted by molar-refractivity contribution is -0.119. The maximum absolute atomic E-state index is 12.3. The summed E-state index contributed by atoms with van der Waals surface area (Å²) in [5.74, 6) is 0.848. The number of aryl methyl sites for hydroxylation is 1. The first-order valence-electron chi connectivity index (χ1n) is 7.96. The van der Waals surface area contributed by atoms with E-state index in [1.54, 1.807) is 11.1 Å². The van der Waals surface area contributed by atoms with Gasteiger partial charge >= 0.3 is 6.03 Å². The van der Waals surface area contributed by atoms with E-state index in [-0.39, 0.29) is 18.0 Å². The zero-order chi connectivity index (χ0) is 17.1. The van der Waals surface area contributed by atoms with Gasteiger partial charge in [-0.15, -0.1) is 0 Å². The SMILES string of the molecule is CC(=O)N[C@H]1CCN(C(=O)Nc2ccc(-n3ccnc3C)cc2)C1. The normalized spacial score (nSPS) is 16.9. The molecule has 0 radical (unpaired) electrons. The van der Waals surface area contributed by atoms with E-state index in [2.05, 4.69) is 15.6 Å². The Bertz CT molecular complexity index is 738. The molecule has 1 aliphatic heterocycles. The van der Waals surface area contributed by atoms with Crippen LogP contribution in [0.4, 0.5) is 10.5 Å². The number of aromatic nitrogens is 2. The molecule has 3 amide bonds. The predicted molar refractivity (Wildman–Crippen MR) is 91.1 cm³/mol. The van der Waals surface area contributed by atoms with Crippen LogP contribution in [-0.2, 0) is 4.79 Å². The molecule has 0 spiro atoms. The molecule has 126 valence electrons. The molecule has 7 nitrogen and oxygen atoms in total. The summed E-state index contributed by atoms with van der Waals surface area (Å²) in [6, 6.07) is 7.51. The van der Waals surface area contributed by atoms with Crippen LogP contribution < -0.4 is 10.6 Å². The molecule has 2 aromatic rings. The molecule has 2 N–H and O–H groups in total. The zero-order valence-electron chi connectivity index (χ0n) is 13.8. The van der Waals surface area contributed by atoms with Crippen molar-refractivity contribution in [2.45, 2.75) is 26.3 Å². The summed E-state index contributed by atoms with van der Waals surface area (Å²) in [5, 5.41) is 5.74. The van der Waals surface area contributed by atoms with E-state index in [4.69, 9.17) is 0 Å². The number of amides is 3. The first-order valence-corrected chi connectivity index (χ1v) is 7.96. The van der Waals surface area contributed by atoms with E-state index in [1.165, 1.54) is 6.92 Å². The molecular formula is C17H21N5O2. The maximum Gasteiger partial charge on any atom is 0.321 e. The third-order valence-electron chi connectivity index (χ3n) is 4.11. The van der Waals surface area contributed by atoms with Crippen LogP contribution in [-0.4, -0.2) is 45.5 Å². The number of carbonyl (C=O) groups excluding carboxylic acids is 2. The van der Waals surface area contributed by atoms with Gasteiger partial charge < -0.3 is 20.1 Å². The van der Waals surface area contributed by atoms with Gasteiger partial charge in [-0.2, -0.15) is 0 Å². The summed E-state index contributed by atoms with van der Waals surface area (Å²) in [6.07, 6.45) is 4.44. The fraction of sp³-hybridized carbons (Fsp3) is 0.353. The summed E-state index contributed by atoms with van der Waals surface area (Å²) in [7, 11) is 0. The van der Waals surface area contributed by atoms with Crippen molar-refractivity contribution in [2.24, 2.45) is 0 Å². The fourth-order valence-corrected chi connectivity index (χ4v) is 2.91. The molecular weight excluding hydrogens is 306 g/mol. The molecule has 0 unspecified atom stereocenters. The Morgan fingerprint density at radius 2 is 2.00 bits per heavy atom. The van der Waals surface area contributed by atoms with Gasteiger partial charge in [0.15, 0.2) is 0 Å². The number of imidazole rings is 1. The molecule has 0 saturated carbocycles. The Hall–Kier alpha value is -2.83. The van der Waals surface area contributed by atoms with Crippen LogP contribution in [0.25, 0.3) is 5.69 Å². The number of nitrogens with zero attached hydrogens (tertiary/aromatic N) is 3. The second-order valence-corrected chi connectivity index (χ2v) is 5.95. The summed E-state index contributed by atoms with van der Waals surface area (Å²) < 4.78 is 1.98. The third-order valence-corrected chi connectivity index (χ3v) is 4.11. The summed E-state index contributed by atoms with van der Waals surface area (Å²) in [5.41, 5.74) is 1.74. The van der Waals surface area contributed by atoms with Crippen molar-refractivity contribution in [3.05, 3.63) is 42.5 Å². The van der Waals surface area contributed by atoms with E-state index >= 15 is 0 Å². The minimum absolute atomic E-state index is 0.0415. The lowest BCUT2D eigenvalue weighted by Gasteiger charge is -2.18. The van der Waals surface area contributed by atoms with E-state index in [0.717, 1.165) is 23.6 Å². The second kappa shape index (κ2) is 6.74. The monoisotopic (exact) mass is 327 g/mol. The van der Waals surface area contributed by atoms with Crippen molar-refractivity contribution in [1.29, 1.82) is 0 Å². The Balaban J connectivity index is 1.59. The minimum atomic E-state index is -0.144. The molecule has 3 rings (SSSR count). The molecule has 7 heteroatoms. The maximum atomic E-state index is 12.3. The highest BCUT2D eigenvalue weighted by Gasteiger charge is 2.26. The molecule has 1 aliphatic rings. The van der Waals surface area contributed by atoms with Gasteiger partial charge in [0, 0.05) is 49.8 Å². The van der Waals surface area contributed by atoms with Gasteiger partial charge in [-0.25, -0.2) is 9.78 Å². The minimum Gasteiger partial charge on any atom is -0.352 e. The number of likely N-dealkylation sites (tertiary alicyclic amines) is 1. The largest absolute Gasteiger partial charge is 0.352 e. The average molecular weight is 327 g/mol. The Labute approximate surface area is 140 Å². The lowest BCUT2D eigenvalue weighted by atomic mass is 10.2. The van der Waals surface area contributed by atoms with Gasteiger partial charge in [0.1, 0.15) is 5.82 Å². The number of anilines is 1. The standard InChI is InChI=1S/C17H21N5O2/c1-12-18-8-10-22(12)16-5-3-14(4-6-16)20-17(24)21-9-7-15(11-21)19-13(2)23/h3-6,8,10,15H,7,9,11H2,1-2H3,(H,19,23)(H,20,24)/t15-/m0/s1. The number of rotatable bonds is 3. The van der Waals surface area contributed by atoms with Crippen LogP contribution in [0.1, 0.15) is 19.2 Å². The second-order valence-electron chi connectivity index (χ2n) is 5.95. The number of carbonyl (C=O) groups is 2. The van der Waals surface area contributed by atoms with Crippen LogP contribution in [0.2, 0.25) is 0 Å². The molecule has 1 fully saturated rings. The Morgan fingerprint density at radius 1 is 1.25 bits per heavy atom. The lowest BCUT2D eigenvalue weighted by Crippen LogP contribution is -2.38. The van der Waals surface area contributed by atoms with E-state index < -0.39 is 0 Å². The van der Waals surface area contributed by atoms with Gasteiger partial charge in [-0.3, -0.25) is 4.79 Å². The number of benzene rings is 1. The van der Waals surface area contributed by atoms with Gasteiger partial charge in [0.05, 0.1) is 0 Å². The molecule has 1 atom stereocenters. The van der Waals surface area contributed by atoms with Crippen molar-refractivity contribution in [2.75, 3.05) is 18.4 Å². The van der Waals surface area contributed by atoms with Gasteiger partial charge in [-0.1, -0.05) is 0 Å². The first kappa shape index (κ1) is 16.0. The molecule has 0 aliphatic carbocycles. The molecule has 1 aromatic carbocycles. The quantitative estimate of drug-likeness (QED) is 0.904. The summed E-state index contributed by atoms with van der Waals surface area (Å²) >= 11 is 0. The highest BCUT2D eigenvalue weighted by atomic mass is 16.2. The number of nitrogens with one attached hydrogen (secondary N) is 2. The van der Waals surface area contributed by atoms with Gasteiger partial charge in [-0.05, 0) is 37.6 Å². The molecule has 1 saturated heterocycles. The molecule has 1 aromatic heterocycles. The van der Waals surface area contributed by atoms with E-state index in [9.17, 15) is 9.59 Å². The smallest absolute Gasteiger partial charge is 0.321 e. The average Bonchev–Trinajstić information content (AvgIpc) is 3.17. The Morgan fingerprint density at radius 3 is 2.62 bits per heavy atom. The van der Waals surface area contributed by atoms with Crippen LogP contribution in [0, 0.1) is 6.92 Å². The molecule has 24 heavy (non-hydrogen) atoms.